The van der Waals surface area contributed by atoms with Gasteiger partial charge in [0.1, 0.15) is 10.7 Å². The topological polar surface area (TPSA) is 24.5 Å². The first-order valence-corrected chi connectivity index (χ1v) is 9.68. The molecule has 0 aliphatic carbocycles. The van der Waals surface area contributed by atoms with Crippen molar-refractivity contribution in [1.29, 1.82) is 0 Å². The molecule has 3 rings (SSSR count). The average Bonchev–Trinajstić information content (AvgIpc) is 2.84. The minimum Gasteiger partial charge on any atom is -0.497 e. The van der Waals surface area contributed by atoms with Gasteiger partial charge in [-0.2, -0.15) is 0 Å². The van der Waals surface area contributed by atoms with Gasteiger partial charge >= 0.3 is 0 Å². The lowest BCUT2D eigenvalue weighted by Crippen LogP contribution is -2.23. The number of hydrogen-bond donors (Lipinski definition) is 1. The molecule has 2 aromatic carbocycles. The van der Waals surface area contributed by atoms with Crippen LogP contribution in [-0.4, -0.2) is 18.6 Å². The summed E-state index contributed by atoms with van der Waals surface area (Å²) in [6.45, 7) is 0.669. The van der Waals surface area contributed by atoms with Gasteiger partial charge < -0.3 is 14.5 Å². The van der Waals surface area contributed by atoms with Gasteiger partial charge in [-0.05, 0) is 48.2 Å². The lowest BCUT2D eigenvalue weighted by Gasteiger charge is -2.29. The smallest absolute Gasteiger partial charge is 0.151 e. The first-order valence-electron chi connectivity index (χ1n) is 6.52. The van der Waals surface area contributed by atoms with Crippen molar-refractivity contribution in [1.82, 2.24) is 5.09 Å². The van der Waals surface area contributed by atoms with Crippen molar-refractivity contribution in [2.75, 3.05) is 18.3 Å². The predicted octanol–water partition coefficient (Wildman–Crippen LogP) is 3.07. The molecule has 1 saturated heterocycles. The van der Waals surface area contributed by atoms with Crippen LogP contribution in [-0.2, 0) is 11.8 Å². The molecule has 0 saturated carbocycles. The maximum Gasteiger partial charge on any atom is 0.151 e. The van der Waals surface area contributed by atoms with Crippen LogP contribution in [0.3, 0.4) is 0 Å². The molecule has 108 valence electrons. The highest BCUT2D eigenvalue weighted by Crippen LogP contribution is 2.51. The van der Waals surface area contributed by atoms with Crippen LogP contribution in [0.4, 0.5) is 5.69 Å². The Labute approximate surface area is 135 Å². The number of para-hydroxylation sites is 1. The molecule has 21 heavy (non-hydrogen) atoms. The van der Waals surface area contributed by atoms with Crippen LogP contribution in [0.2, 0.25) is 0 Å². The minimum atomic E-state index is -2.12. The summed E-state index contributed by atoms with van der Waals surface area (Å²) < 4.78 is 7.43. The number of nitrogens with one attached hydrogen (secondary N) is 1. The van der Waals surface area contributed by atoms with Crippen molar-refractivity contribution in [3.8, 4) is 5.75 Å². The number of hydrogen-bond acceptors (Lipinski definition) is 3. The van der Waals surface area contributed by atoms with Gasteiger partial charge in [0.25, 0.3) is 0 Å². The number of methoxy groups -OCH3 is 1. The largest absolute Gasteiger partial charge is 0.497 e. The number of ether oxygens (including phenoxy) is 1. The van der Waals surface area contributed by atoms with Gasteiger partial charge in [0.05, 0.1) is 13.7 Å². The molecule has 1 aliphatic rings. The van der Waals surface area contributed by atoms with E-state index in [4.69, 9.17) is 28.8 Å². The van der Waals surface area contributed by atoms with Crippen LogP contribution < -0.4 is 19.8 Å². The zero-order chi connectivity index (χ0) is 14.9. The summed E-state index contributed by atoms with van der Waals surface area (Å²) in [6.07, 6.45) is -2.12. The third-order valence-corrected chi connectivity index (χ3v) is 7.89. The van der Waals surface area contributed by atoms with E-state index in [0.29, 0.717) is 6.54 Å². The van der Waals surface area contributed by atoms with E-state index in [2.05, 4.69) is 21.9 Å². The predicted molar refractivity (Wildman–Crippen MR) is 96.4 cm³/mol. The van der Waals surface area contributed by atoms with E-state index in [0.717, 1.165) is 21.7 Å². The molecule has 1 N–H and O–H groups in total. The normalized spacial score (nSPS) is 21.2. The van der Waals surface area contributed by atoms with Crippen LogP contribution in [0, 0.1) is 0 Å². The highest BCUT2D eigenvalue weighted by Gasteiger charge is 2.35. The minimum absolute atomic E-state index is 0.669. The second-order valence-corrected chi connectivity index (χ2v) is 9.16. The van der Waals surface area contributed by atoms with Crippen LogP contribution in [0.25, 0.3) is 0 Å². The quantitative estimate of drug-likeness (QED) is 0.687. The lowest BCUT2D eigenvalue weighted by molar-refractivity contribution is 0.415. The molecule has 2 aromatic rings. The van der Waals surface area contributed by atoms with E-state index >= 15 is 0 Å². The molecule has 3 nitrogen and oxygen atoms in total. The summed E-state index contributed by atoms with van der Waals surface area (Å²) in [7, 11) is 1.66. The Morgan fingerprint density at radius 2 is 1.76 bits per heavy atom. The molecule has 1 heterocycles. The number of thiocarbonyl (C=S) groups is 1. The maximum absolute atomic E-state index is 5.99. The fourth-order valence-corrected chi connectivity index (χ4v) is 6.58. The molecule has 0 amide bonds. The Morgan fingerprint density at radius 3 is 2.38 bits per heavy atom. The maximum atomic E-state index is 5.99. The molecule has 1 unspecified atom stereocenters. The second-order valence-electron chi connectivity index (χ2n) is 4.70. The van der Waals surface area contributed by atoms with Crippen molar-refractivity contribution < 1.29 is 4.74 Å². The molecule has 0 bridgehead atoms. The monoisotopic (exact) mass is 334 g/mol. The molecule has 1 fully saturated rings. The van der Waals surface area contributed by atoms with Gasteiger partial charge in [0.15, 0.2) is 6.34 Å². The number of benzene rings is 2. The fraction of sp³-hybridized carbons (Fsp3) is 0.133. The molecule has 0 spiro atoms. The molecule has 0 aromatic heterocycles. The van der Waals surface area contributed by atoms with Crippen molar-refractivity contribution in [2.45, 2.75) is 0 Å². The highest BCUT2D eigenvalue weighted by atomic mass is 32.4. The van der Waals surface area contributed by atoms with Crippen molar-refractivity contribution in [3.05, 3.63) is 54.6 Å². The van der Waals surface area contributed by atoms with Crippen LogP contribution >= 0.6 is 18.6 Å². The molecule has 6 heteroatoms. The summed E-state index contributed by atoms with van der Waals surface area (Å²) >= 11 is 11.4. The van der Waals surface area contributed by atoms with E-state index in [9.17, 15) is 0 Å². The van der Waals surface area contributed by atoms with Crippen LogP contribution in [0.15, 0.2) is 54.6 Å². The Hall–Kier alpha value is -1.42. The number of rotatable bonds is 3. The van der Waals surface area contributed by atoms with E-state index in [1.54, 1.807) is 7.11 Å². The molecule has 1 atom stereocenters. The van der Waals surface area contributed by atoms with Crippen LogP contribution in [0.5, 0.6) is 5.75 Å². The molecule has 0 radical (unpaired) electrons. The standard InChI is InChI=1S/C15H15N2OPS2/c1-18-13-7-9-14(10-8-13)19(21)16-15(20)11-17(19)12-5-3-2-4-6-12/h2-10H,11H2,1H3,(H,16,20,21). The SMILES string of the molecule is COc1ccc(P2(=S)NC(=S)CN2c2ccccc2)cc1. The van der Waals surface area contributed by atoms with Gasteiger partial charge in [0, 0.05) is 11.0 Å². The molecular weight excluding hydrogens is 319 g/mol. The van der Waals surface area contributed by atoms with Gasteiger partial charge in [-0.25, -0.2) is 0 Å². The summed E-state index contributed by atoms with van der Waals surface area (Å²) in [5, 5.41) is 4.46. The molecule has 1 aliphatic heterocycles. The third-order valence-electron chi connectivity index (χ3n) is 3.39. The van der Waals surface area contributed by atoms with Gasteiger partial charge in [-0.3, -0.25) is 0 Å². The van der Waals surface area contributed by atoms with E-state index in [1.165, 1.54) is 0 Å². The Morgan fingerprint density at radius 1 is 1.10 bits per heavy atom. The Balaban J connectivity index is 2.04. The van der Waals surface area contributed by atoms with Gasteiger partial charge in [-0.15, -0.1) is 0 Å². The van der Waals surface area contributed by atoms with Crippen molar-refractivity contribution in [3.63, 3.8) is 0 Å². The zero-order valence-electron chi connectivity index (χ0n) is 11.5. The number of anilines is 1. The van der Waals surface area contributed by atoms with E-state index in [1.807, 2.05) is 42.5 Å². The summed E-state index contributed by atoms with van der Waals surface area (Å²) in [5.41, 5.74) is 1.10. The summed E-state index contributed by atoms with van der Waals surface area (Å²) in [4.78, 5) is 0.804. The van der Waals surface area contributed by atoms with E-state index < -0.39 is 6.34 Å². The summed E-state index contributed by atoms with van der Waals surface area (Å²) in [5.74, 6) is 0.827. The van der Waals surface area contributed by atoms with Crippen LogP contribution in [0.1, 0.15) is 0 Å². The highest BCUT2D eigenvalue weighted by molar-refractivity contribution is 8.18. The van der Waals surface area contributed by atoms with Gasteiger partial charge in [0.2, 0.25) is 0 Å². The van der Waals surface area contributed by atoms with E-state index in [-0.39, 0.29) is 0 Å². The second kappa shape index (κ2) is 5.76. The third kappa shape index (κ3) is 2.69. The van der Waals surface area contributed by atoms with Gasteiger partial charge in [-0.1, -0.05) is 30.4 Å². The lowest BCUT2D eigenvalue weighted by atomic mass is 10.3. The molecular formula is C15H15N2OPS2. The number of nitrogens with zero attached hydrogens (tertiary/aromatic N) is 1. The first kappa shape index (κ1) is 14.5. The Bertz CT molecular complexity index is 703. The zero-order valence-corrected chi connectivity index (χ0v) is 14.0. The van der Waals surface area contributed by atoms with Crippen molar-refractivity contribution in [2.24, 2.45) is 0 Å². The Kier molecular flexibility index (Phi) is 3.98. The first-order chi connectivity index (χ1) is 10.1. The van der Waals surface area contributed by atoms with Crippen molar-refractivity contribution >= 4 is 46.3 Å². The fourth-order valence-electron chi connectivity index (χ4n) is 2.34. The average molecular weight is 334 g/mol. The summed E-state index contributed by atoms with van der Waals surface area (Å²) in [6, 6.07) is 18.1.